The van der Waals surface area contributed by atoms with Crippen molar-refractivity contribution in [3.63, 3.8) is 0 Å². The van der Waals surface area contributed by atoms with Crippen LogP contribution in [0.2, 0.25) is 0 Å². The predicted octanol–water partition coefficient (Wildman–Crippen LogP) is 3.85. The molecule has 0 aromatic heterocycles. The molecule has 0 aliphatic heterocycles. The van der Waals surface area contributed by atoms with Crippen LogP contribution in [0, 0.1) is 5.92 Å². The van der Waals surface area contributed by atoms with Crippen molar-refractivity contribution in [3.05, 3.63) is 28.7 Å². The SMILES string of the molecule is O=S(=O)(NC1CCCC(C(F)(F)F)C1)c1cccc(Br)c1. The smallest absolute Gasteiger partial charge is 0.208 e. The molecule has 1 aliphatic carbocycles. The molecule has 0 radical (unpaired) electrons. The van der Waals surface area contributed by atoms with E-state index in [-0.39, 0.29) is 17.7 Å². The van der Waals surface area contributed by atoms with Gasteiger partial charge in [-0.15, -0.1) is 0 Å². The fraction of sp³-hybridized carbons (Fsp3) is 0.538. The molecule has 118 valence electrons. The number of sulfonamides is 1. The molecule has 1 fully saturated rings. The van der Waals surface area contributed by atoms with E-state index in [2.05, 4.69) is 20.7 Å². The Kier molecular flexibility index (Phi) is 4.99. The van der Waals surface area contributed by atoms with Gasteiger partial charge in [0.2, 0.25) is 10.0 Å². The number of alkyl halides is 3. The molecule has 1 aliphatic rings. The Bertz CT molecular complexity index is 604. The summed E-state index contributed by atoms with van der Waals surface area (Å²) < 4.78 is 65.6. The molecular weight excluding hydrogens is 371 g/mol. The molecule has 21 heavy (non-hydrogen) atoms. The molecule has 1 saturated carbocycles. The highest BCUT2D eigenvalue weighted by Gasteiger charge is 2.42. The van der Waals surface area contributed by atoms with E-state index in [1.165, 1.54) is 12.1 Å². The van der Waals surface area contributed by atoms with Crippen molar-refractivity contribution in [2.45, 2.75) is 42.8 Å². The van der Waals surface area contributed by atoms with Gasteiger partial charge in [0.1, 0.15) is 0 Å². The topological polar surface area (TPSA) is 46.2 Å². The first-order valence-electron chi connectivity index (χ1n) is 6.53. The van der Waals surface area contributed by atoms with Crippen LogP contribution in [0.25, 0.3) is 0 Å². The maximum Gasteiger partial charge on any atom is 0.391 e. The van der Waals surface area contributed by atoms with E-state index in [0.29, 0.717) is 17.3 Å². The fourth-order valence-electron chi connectivity index (χ4n) is 2.52. The van der Waals surface area contributed by atoms with Crippen LogP contribution in [0.1, 0.15) is 25.7 Å². The normalized spacial score (nSPS) is 24.0. The molecule has 0 bridgehead atoms. The van der Waals surface area contributed by atoms with Gasteiger partial charge in [0.15, 0.2) is 0 Å². The first kappa shape index (κ1) is 16.8. The highest BCUT2D eigenvalue weighted by molar-refractivity contribution is 9.10. The number of rotatable bonds is 3. The lowest BCUT2D eigenvalue weighted by atomic mass is 9.86. The lowest BCUT2D eigenvalue weighted by molar-refractivity contribution is -0.183. The number of halogens is 4. The lowest BCUT2D eigenvalue weighted by Gasteiger charge is -2.30. The summed E-state index contributed by atoms with van der Waals surface area (Å²) in [4.78, 5) is 0.0472. The third kappa shape index (κ3) is 4.43. The summed E-state index contributed by atoms with van der Waals surface area (Å²) in [7, 11) is -3.80. The van der Waals surface area contributed by atoms with E-state index in [9.17, 15) is 21.6 Å². The fourth-order valence-corrected chi connectivity index (χ4v) is 4.40. The van der Waals surface area contributed by atoms with Crippen molar-refractivity contribution in [2.75, 3.05) is 0 Å². The molecular formula is C13H15BrF3NO2S. The Balaban J connectivity index is 2.10. The first-order chi connectivity index (χ1) is 9.68. The van der Waals surface area contributed by atoms with E-state index in [4.69, 9.17) is 0 Å². The quantitative estimate of drug-likeness (QED) is 0.858. The maximum atomic E-state index is 12.7. The summed E-state index contributed by atoms with van der Waals surface area (Å²) in [6, 6.07) is 5.41. The molecule has 0 saturated heterocycles. The van der Waals surface area contributed by atoms with Crippen LogP contribution in [-0.2, 0) is 10.0 Å². The zero-order valence-corrected chi connectivity index (χ0v) is 13.4. The van der Waals surface area contributed by atoms with E-state index in [0.717, 1.165) is 0 Å². The average molecular weight is 386 g/mol. The van der Waals surface area contributed by atoms with E-state index < -0.39 is 28.2 Å². The summed E-state index contributed by atoms with van der Waals surface area (Å²) in [5, 5.41) is 0. The third-order valence-electron chi connectivity index (χ3n) is 3.57. The van der Waals surface area contributed by atoms with Gasteiger partial charge in [0.05, 0.1) is 10.8 Å². The first-order valence-corrected chi connectivity index (χ1v) is 8.81. The van der Waals surface area contributed by atoms with Gasteiger partial charge < -0.3 is 0 Å². The van der Waals surface area contributed by atoms with Crippen LogP contribution in [0.5, 0.6) is 0 Å². The highest BCUT2D eigenvalue weighted by atomic mass is 79.9. The monoisotopic (exact) mass is 385 g/mol. The number of hydrogen-bond acceptors (Lipinski definition) is 2. The molecule has 8 heteroatoms. The molecule has 0 spiro atoms. The van der Waals surface area contributed by atoms with Crippen LogP contribution >= 0.6 is 15.9 Å². The Morgan fingerprint density at radius 1 is 1.24 bits per heavy atom. The van der Waals surface area contributed by atoms with Gasteiger partial charge in [0, 0.05) is 10.5 Å². The molecule has 2 rings (SSSR count). The summed E-state index contributed by atoms with van der Waals surface area (Å²) in [6.07, 6.45) is -3.59. The van der Waals surface area contributed by atoms with Crippen LogP contribution in [0.4, 0.5) is 13.2 Å². The summed E-state index contributed by atoms with van der Waals surface area (Å²) in [5.41, 5.74) is 0. The zero-order valence-electron chi connectivity index (χ0n) is 11.0. The minimum atomic E-state index is -4.26. The second kappa shape index (κ2) is 6.26. The molecule has 1 aromatic rings. The maximum absolute atomic E-state index is 12.7. The van der Waals surface area contributed by atoms with Crippen molar-refractivity contribution in [3.8, 4) is 0 Å². The van der Waals surface area contributed by atoms with Crippen LogP contribution in [-0.4, -0.2) is 20.6 Å². The standard InChI is InChI=1S/C13H15BrF3NO2S/c14-10-4-2-6-12(8-10)21(19,20)18-11-5-1-3-9(7-11)13(15,16)17/h2,4,6,8-9,11,18H,1,3,5,7H2. The van der Waals surface area contributed by atoms with Crippen LogP contribution in [0.3, 0.4) is 0 Å². The van der Waals surface area contributed by atoms with Crippen LogP contribution < -0.4 is 4.72 Å². The minimum absolute atomic E-state index is 0.0472. The van der Waals surface area contributed by atoms with Gasteiger partial charge in [-0.3, -0.25) is 0 Å². The van der Waals surface area contributed by atoms with E-state index in [1.807, 2.05) is 0 Å². The molecule has 1 N–H and O–H groups in total. The van der Waals surface area contributed by atoms with Gasteiger partial charge in [-0.1, -0.05) is 28.4 Å². The number of hydrogen-bond donors (Lipinski definition) is 1. The summed E-state index contributed by atoms with van der Waals surface area (Å²) in [5.74, 6) is -1.43. The van der Waals surface area contributed by atoms with Crippen molar-refractivity contribution >= 4 is 26.0 Å². The predicted molar refractivity (Wildman–Crippen MR) is 76.3 cm³/mol. The van der Waals surface area contributed by atoms with Gasteiger partial charge >= 0.3 is 6.18 Å². The number of nitrogens with one attached hydrogen (secondary N) is 1. The van der Waals surface area contributed by atoms with Gasteiger partial charge in [0.25, 0.3) is 0 Å². The van der Waals surface area contributed by atoms with Crippen LogP contribution in [0.15, 0.2) is 33.6 Å². The van der Waals surface area contributed by atoms with Crippen molar-refractivity contribution < 1.29 is 21.6 Å². The Hall–Kier alpha value is -0.600. The highest BCUT2D eigenvalue weighted by Crippen LogP contribution is 2.37. The Labute approximate surface area is 130 Å². The molecule has 0 heterocycles. The number of benzene rings is 1. The lowest BCUT2D eigenvalue weighted by Crippen LogP contribution is -2.41. The second-order valence-corrected chi connectivity index (χ2v) is 7.81. The van der Waals surface area contributed by atoms with Crippen molar-refractivity contribution in [1.29, 1.82) is 0 Å². The summed E-state index contributed by atoms with van der Waals surface area (Å²) >= 11 is 3.17. The molecule has 2 unspecified atom stereocenters. The van der Waals surface area contributed by atoms with E-state index >= 15 is 0 Å². The Morgan fingerprint density at radius 2 is 1.95 bits per heavy atom. The third-order valence-corrected chi connectivity index (χ3v) is 5.58. The molecule has 3 nitrogen and oxygen atoms in total. The minimum Gasteiger partial charge on any atom is -0.208 e. The van der Waals surface area contributed by atoms with Crippen molar-refractivity contribution in [1.82, 2.24) is 4.72 Å². The van der Waals surface area contributed by atoms with Gasteiger partial charge in [-0.05, 0) is 37.5 Å². The average Bonchev–Trinajstić information content (AvgIpc) is 2.37. The largest absolute Gasteiger partial charge is 0.391 e. The van der Waals surface area contributed by atoms with Gasteiger partial charge in [-0.25, -0.2) is 13.1 Å². The Morgan fingerprint density at radius 3 is 2.57 bits per heavy atom. The molecule has 2 atom stereocenters. The summed E-state index contributed by atoms with van der Waals surface area (Å²) in [6.45, 7) is 0. The van der Waals surface area contributed by atoms with Crippen molar-refractivity contribution in [2.24, 2.45) is 5.92 Å². The second-order valence-electron chi connectivity index (χ2n) is 5.18. The zero-order chi connectivity index (χ0) is 15.7. The van der Waals surface area contributed by atoms with E-state index in [1.54, 1.807) is 12.1 Å². The molecule has 0 amide bonds. The molecule has 1 aromatic carbocycles. The van der Waals surface area contributed by atoms with Gasteiger partial charge in [-0.2, -0.15) is 13.2 Å².